The maximum absolute atomic E-state index is 13.7. The first kappa shape index (κ1) is 20.5. The molecule has 0 radical (unpaired) electrons. The smallest absolute Gasteiger partial charge is 0.269 e. The molecule has 2 fully saturated rings. The van der Waals surface area contributed by atoms with Crippen LogP contribution < -0.4 is 4.90 Å². The van der Waals surface area contributed by atoms with E-state index in [0.29, 0.717) is 5.69 Å². The second kappa shape index (κ2) is 8.63. The van der Waals surface area contributed by atoms with E-state index in [1.165, 1.54) is 23.1 Å². The molecule has 0 bridgehead atoms. The Labute approximate surface area is 191 Å². The number of hydrogen-bond donors (Lipinski definition) is 1. The van der Waals surface area contributed by atoms with Crippen molar-refractivity contribution < 1.29 is 9.90 Å². The highest BCUT2D eigenvalue weighted by Gasteiger charge is 2.42. The summed E-state index contributed by atoms with van der Waals surface area (Å²) in [6, 6.07) is 15.4. The van der Waals surface area contributed by atoms with Gasteiger partial charge in [-0.05, 0) is 55.8 Å². The summed E-state index contributed by atoms with van der Waals surface area (Å²) in [4.78, 5) is 24.7. The lowest BCUT2D eigenvalue weighted by Crippen LogP contribution is -2.40. The molecular formula is C24H25N3O2S2. The van der Waals surface area contributed by atoms with Crippen LogP contribution in [0.1, 0.15) is 39.0 Å². The van der Waals surface area contributed by atoms with Gasteiger partial charge in [0.1, 0.15) is 15.7 Å². The van der Waals surface area contributed by atoms with Crippen LogP contribution in [0.4, 0.5) is 11.4 Å². The molecule has 2 aliphatic heterocycles. The maximum atomic E-state index is 13.7. The van der Waals surface area contributed by atoms with Crippen molar-refractivity contribution in [1.29, 1.82) is 0 Å². The first-order valence-corrected chi connectivity index (χ1v) is 12.5. The molecule has 1 amide bonds. The number of nitrogens with zero attached hydrogens (tertiary/aromatic N) is 3. The topological polar surface area (TPSA) is 56.1 Å². The molecule has 31 heavy (non-hydrogen) atoms. The average Bonchev–Trinajstić information content (AvgIpc) is 3.31. The van der Waals surface area contributed by atoms with Crippen molar-refractivity contribution in [3.63, 3.8) is 0 Å². The number of fused-ring (bicyclic) bond motifs is 1. The zero-order chi connectivity index (χ0) is 21.4. The lowest BCUT2D eigenvalue weighted by Gasteiger charge is -2.30. The molecule has 0 aromatic heterocycles. The van der Waals surface area contributed by atoms with Gasteiger partial charge in [-0.25, -0.2) is 4.99 Å². The first-order chi connectivity index (χ1) is 15.2. The number of amidine groups is 1. The van der Waals surface area contributed by atoms with Crippen molar-refractivity contribution in [1.82, 2.24) is 4.90 Å². The number of para-hydroxylation sites is 1. The minimum Gasteiger partial charge on any atom is -0.508 e. The summed E-state index contributed by atoms with van der Waals surface area (Å²) in [5, 5.41) is 11.6. The predicted molar refractivity (Wildman–Crippen MR) is 129 cm³/mol. The summed E-state index contributed by atoms with van der Waals surface area (Å²) >= 11 is 3.14. The lowest BCUT2D eigenvalue weighted by molar-refractivity contribution is -0.124. The van der Waals surface area contributed by atoms with Gasteiger partial charge in [0.2, 0.25) is 0 Å². The van der Waals surface area contributed by atoms with Crippen LogP contribution in [0.2, 0.25) is 0 Å². The van der Waals surface area contributed by atoms with Gasteiger partial charge in [0.05, 0.1) is 11.4 Å². The Hall–Kier alpha value is -2.38. The number of phenolic OH excluding ortho intramolecular Hbond substituents is 1. The molecule has 0 spiro atoms. The van der Waals surface area contributed by atoms with Crippen molar-refractivity contribution in [2.75, 3.05) is 11.4 Å². The molecule has 1 N–H and O–H groups in total. The van der Waals surface area contributed by atoms with E-state index in [-0.39, 0.29) is 17.7 Å². The number of hydrogen-bond acceptors (Lipinski definition) is 6. The van der Waals surface area contributed by atoms with Crippen molar-refractivity contribution in [2.24, 2.45) is 4.99 Å². The van der Waals surface area contributed by atoms with Crippen molar-refractivity contribution >= 4 is 46.0 Å². The van der Waals surface area contributed by atoms with Gasteiger partial charge < -0.3 is 10.0 Å². The summed E-state index contributed by atoms with van der Waals surface area (Å²) in [5.41, 5.74) is 1.82. The molecule has 7 heteroatoms. The van der Waals surface area contributed by atoms with Gasteiger partial charge in [-0.3, -0.25) is 9.69 Å². The normalized spacial score (nSPS) is 23.1. The molecule has 160 valence electrons. The Bertz CT molecular complexity index is 1080. The van der Waals surface area contributed by atoms with Gasteiger partial charge in [-0.2, -0.15) is 0 Å². The van der Waals surface area contributed by atoms with Crippen LogP contribution in [0.15, 0.2) is 68.4 Å². The van der Waals surface area contributed by atoms with Gasteiger partial charge >= 0.3 is 0 Å². The van der Waals surface area contributed by atoms with Gasteiger partial charge in [0.15, 0.2) is 5.17 Å². The molecule has 2 heterocycles. The molecule has 1 saturated heterocycles. The number of carbonyl (C=O) groups is 1. The average molecular weight is 452 g/mol. The third-order valence-corrected chi connectivity index (χ3v) is 8.28. The van der Waals surface area contributed by atoms with Crippen LogP contribution in [0.3, 0.4) is 0 Å². The third kappa shape index (κ3) is 3.85. The highest BCUT2D eigenvalue weighted by atomic mass is 32.2. The van der Waals surface area contributed by atoms with Crippen LogP contribution in [-0.4, -0.2) is 33.7 Å². The summed E-state index contributed by atoms with van der Waals surface area (Å²) in [6.45, 7) is 2.92. The summed E-state index contributed by atoms with van der Waals surface area (Å²) in [5.74, 6) is 0.238. The van der Waals surface area contributed by atoms with Gasteiger partial charge in [-0.1, -0.05) is 49.2 Å². The number of anilines is 1. The zero-order valence-electron chi connectivity index (χ0n) is 17.5. The lowest BCUT2D eigenvalue weighted by atomic mass is 9.94. The van der Waals surface area contributed by atoms with Crippen LogP contribution in [0.25, 0.3) is 0 Å². The van der Waals surface area contributed by atoms with E-state index in [0.717, 1.165) is 53.0 Å². The minimum absolute atomic E-state index is 0.0598. The van der Waals surface area contributed by atoms with Crippen LogP contribution in [-0.2, 0) is 4.79 Å². The standard InChI is InChI=1S/C24H25N3O2S2/c1-2-26-19-13-6-7-14-20(19)30-23(26)21-22(29)27(17-10-4-3-5-11-17)24(31-21)25-16-9-8-12-18(28)15-16/h6-9,12-15,17,28H,2-5,10-11H2,1H3/b23-21-,25-24?. The second-order valence-corrected chi connectivity index (χ2v) is 9.94. The fourth-order valence-electron chi connectivity index (χ4n) is 4.44. The molecule has 0 unspecified atom stereocenters. The van der Waals surface area contributed by atoms with Gasteiger partial charge in [-0.15, -0.1) is 0 Å². The monoisotopic (exact) mass is 451 g/mol. The van der Waals surface area contributed by atoms with Crippen molar-refractivity contribution in [3.8, 4) is 5.75 Å². The van der Waals surface area contributed by atoms with Crippen LogP contribution in [0.5, 0.6) is 5.75 Å². The molecule has 1 aliphatic carbocycles. The number of amides is 1. The third-order valence-electron chi connectivity index (χ3n) is 5.93. The number of aliphatic imine (C=N–C) groups is 1. The van der Waals surface area contributed by atoms with E-state index in [1.54, 1.807) is 30.0 Å². The fourth-order valence-corrected chi connectivity index (χ4v) is 6.90. The van der Waals surface area contributed by atoms with E-state index < -0.39 is 0 Å². The SMILES string of the molecule is CCN1/C(=C2/SC(=Nc3cccc(O)c3)N(C3CCCCC3)C2=O)Sc2ccccc21. The molecular weight excluding hydrogens is 426 g/mol. The zero-order valence-corrected chi connectivity index (χ0v) is 19.1. The number of rotatable bonds is 3. The summed E-state index contributed by atoms with van der Waals surface area (Å²) < 4.78 is 0. The van der Waals surface area contributed by atoms with Crippen LogP contribution in [0, 0.1) is 0 Å². The Morgan fingerprint density at radius 3 is 2.65 bits per heavy atom. The Morgan fingerprint density at radius 1 is 1.06 bits per heavy atom. The van der Waals surface area contributed by atoms with Crippen molar-refractivity contribution in [2.45, 2.75) is 50.0 Å². The minimum atomic E-state index is 0.0598. The van der Waals surface area contributed by atoms with E-state index in [4.69, 9.17) is 4.99 Å². The molecule has 2 aromatic carbocycles. The number of carbonyl (C=O) groups excluding carboxylic acids is 1. The number of phenols is 1. The Kier molecular flexibility index (Phi) is 5.71. The molecule has 5 nitrogen and oxygen atoms in total. The quantitative estimate of drug-likeness (QED) is 0.572. The second-order valence-electron chi connectivity index (χ2n) is 7.93. The Balaban J connectivity index is 1.57. The predicted octanol–water partition coefficient (Wildman–Crippen LogP) is 6.09. The summed E-state index contributed by atoms with van der Waals surface area (Å²) in [7, 11) is 0. The van der Waals surface area contributed by atoms with Crippen molar-refractivity contribution in [3.05, 3.63) is 58.5 Å². The number of benzene rings is 2. The van der Waals surface area contributed by atoms with E-state index in [1.807, 2.05) is 23.1 Å². The Morgan fingerprint density at radius 2 is 1.87 bits per heavy atom. The molecule has 1 saturated carbocycles. The first-order valence-electron chi connectivity index (χ1n) is 10.8. The van der Waals surface area contributed by atoms with E-state index >= 15 is 0 Å². The fraction of sp³-hybridized carbons (Fsp3) is 0.333. The maximum Gasteiger partial charge on any atom is 0.269 e. The molecule has 2 aromatic rings. The number of thioether (sulfide) groups is 2. The van der Waals surface area contributed by atoms with Crippen LogP contribution >= 0.6 is 23.5 Å². The van der Waals surface area contributed by atoms with Gasteiger partial charge in [0.25, 0.3) is 5.91 Å². The largest absolute Gasteiger partial charge is 0.508 e. The highest BCUT2D eigenvalue weighted by Crippen LogP contribution is 2.51. The highest BCUT2D eigenvalue weighted by molar-refractivity contribution is 8.19. The number of aromatic hydroxyl groups is 1. The summed E-state index contributed by atoms with van der Waals surface area (Å²) in [6.07, 6.45) is 5.54. The van der Waals surface area contributed by atoms with E-state index in [2.05, 4.69) is 24.0 Å². The van der Waals surface area contributed by atoms with E-state index in [9.17, 15) is 9.90 Å². The molecule has 5 rings (SSSR count). The van der Waals surface area contributed by atoms with Gasteiger partial charge in [0, 0.05) is 23.5 Å². The molecule has 3 aliphatic rings. The molecule has 0 atom stereocenters.